The number of halogens is 1. The molecule has 1 aliphatic rings. The molecule has 0 unspecified atom stereocenters. The van der Waals surface area contributed by atoms with E-state index in [-0.39, 0.29) is 11.4 Å². The monoisotopic (exact) mass is 455 g/mol. The van der Waals surface area contributed by atoms with Gasteiger partial charge in [0.1, 0.15) is 11.5 Å². The van der Waals surface area contributed by atoms with Gasteiger partial charge in [0, 0.05) is 34.8 Å². The molecule has 34 heavy (non-hydrogen) atoms. The van der Waals surface area contributed by atoms with E-state index in [1.54, 1.807) is 25.1 Å². The number of fused-ring (bicyclic) bond motifs is 2. The molecule has 0 saturated heterocycles. The number of aromatic carboxylic acids is 1. The van der Waals surface area contributed by atoms with Crippen molar-refractivity contribution in [3.05, 3.63) is 77.1 Å². The van der Waals surface area contributed by atoms with Crippen LogP contribution < -0.4 is 10.6 Å². The van der Waals surface area contributed by atoms with Crippen LogP contribution in [0.2, 0.25) is 0 Å². The summed E-state index contributed by atoms with van der Waals surface area (Å²) < 4.78 is 13.9. The van der Waals surface area contributed by atoms with Crippen LogP contribution in [0.15, 0.2) is 54.6 Å². The van der Waals surface area contributed by atoms with Gasteiger partial charge in [0.15, 0.2) is 5.82 Å². The molecule has 0 bridgehead atoms. The van der Waals surface area contributed by atoms with E-state index in [4.69, 9.17) is 21.1 Å². The van der Waals surface area contributed by atoms with Gasteiger partial charge in [-0.2, -0.15) is 0 Å². The van der Waals surface area contributed by atoms with E-state index in [1.807, 2.05) is 17.0 Å². The summed E-state index contributed by atoms with van der Waals surface area (Å²) in [6.45, 7) is 2.32. The molecule has 5 rings (SSSR count). The standard InChI is InChI=1S/C26H22FN5O2/c1-14(28)19-12-16(4-7-20(19)29)24-25(31-22-13-17(26(33)34)5-8-21(22)30-24)32-10-2-3-15-11-18(27)6-9-23(15)32/h4-9,11-13,28H,2-3,10,29H2,1H3,(H,33,34). The molecule has 3 aromatic carbocycles. The van der Waals surface area contributed by atoms with Crippen LogP contribution in [0.25, 0.3) is 22.3 Å². The molecule has 2 heterocycles. The highest BCUT2D eigenvalue weighted by atomic mass is 19.1. The van der Waals surface area contributed by atoms with Crippen molar-refractivity contribution in [2.75, 3.05) is 17.2 Å². The average Bonchev–Trinajstić information content (AvgIpc) is 2.82. The Morgan fingerprint density at radius 2 is 1.91 bits per heavy atom. The Morgan fingerprint density at radius 1 is 1.09 bits per heavy atom. The smallest absolute Gasteiger partial charge is 0.335 e. The number of anilines is 3. The molecular formula is C26H22FN5O2. The molecule has 1 aliphatic heterocycles. The van der Waals surface area contributed by atoms with Crippen molar-refractivity contribution in [3.8, 4) is 11.3 Å². The number of nitrogens with zero attached hydrogens (tertiary/aromatic N) is 3. The summed E-state index contributed by atoms with van der Waals surface area (Å²) in [7, 11) is 0. The Balaban J connectivity index is 1.78. The maximum absolute atomic E-state index is 13.9. The van der Waals surface area contributed by atoms with Crippen molar-refractivity contribution in [2.45, 2.75) is 19.8 Å². The van der Waals surface area contributed by atoms with E-state index < -0.39 is 5.97 Å². The van der Waals surface area contributed by atoms with Crippen molar-refractivity contribution in [1.29, 1.82) is 5.41 Å². The highest BCUT2D eigenvalue weighted by Gasteiger charge is 2.25. The van der Waals surface area contributed by atoms with Crippen molar-refractivity contribution in [3.63, 3.8) is 0 Å². The number of nitrogen functional groups attached to an aromatic ring is 1. The molecule has 0 fully saturated rings. The Hall–Kier alpha value is -4.33. The molecule has 8 heteroatoms. The van der Waals surface area contributed by atoms with Crippen LogP contribution in [0, 0.1) is 11.2 Å². The number of aromatic nitrogens is 2. The zero-order valence-corrected chi connectivity index (χ0v) is 18.5. The lowest BCUT2D eigenvalue weighted by molar-refractivity contribution is 0.0697. The number of nitrogens with one attached hydrogen (secondary N) is 1. The number of hydrogen-bond donors (Lipinski definition) is 3. The molecule has 1 aromatic heterocycles. The van der Waals surface area contributed by atoms with Gasteiger partial charge in [-0.1, -0.05) is 6.07 Å². The topological polar surface area (TPSA) is 116 Å². The van der Waals surface area contributed by atoms with Crippen LogP contribution in [0.1, 0.15) is 34.8 Å². The van der Waals surface area contributed by atoms with E-state index in [0.717, 1.165) is 29.7 Å². The minimum absolute atomic E-state index is 0.121. The summed E-state index contributed by atoms with van der Waals surface area (Å²) in [6, 6.07) is 14.7. The SMILES string of the molecule is CC(=N)c1cc(-c2nc3ccc(C(=O)O)cc3nc2N2CCCc3cc(F)ccc32)ccc1N. The third-order valence-corrected chi connectivity index (χ3v) is 6.04. The lowest BCUT2D eigenvalue weighted by Crippen LogP contribution is -2.26. The van der Waals surface area contributed by atoms with Crippen LogP contribution in [0.4, 0.5) is 21.6 Å². The van der Waals surface area contributed by atoms with Crippen LogP contribution in [0.5, 0.6) is 0 Å². The number of aryl methyl sites for hydroxylation is 1. The summed E-state index contributed by atoms with van der Waals surface area (Å²) in [5.74, 6) is -0.792. The van der Waals surface area contributed by atoms with Crippen molar-refractivity contribution < 1.29 is 14.3 Å². The third-order valence-electron chi connectivity index (χ3n) is 6.04. The fourth-order valence-corrected chi connectivity index (χ4v) is 4.37. The zero-order valence-electron chi connectivity index (χ0n) is 18.5. The van der Waals surface area contributed by atoms with Gasteiger partial charge in [-0.05, 0) is 73.9 Å². The third kappa shape index (κ3) is 3.73. The first kappa shape index (κ1) is 21.5. The quantitative estimate of drug-likeness (QED) is 0.288. The molecule has 0 spiro atoms. The summed E-state index contributed by atoms with van der Waals surface area (Å²) in [4.78, 5) is 23.2. The fraction of sp³-hybridized carbons (Fsp3) is 0.154. The fourth-order valence-electron chi connectivity index (χ4n) is 4.37. The van der Waals surface area contributed by atoms with Crippen molar-refractivity contribution in [2.24, 2.45) is 0 Å². The molecule has 0 atom stereocenters. The summed E-state index contributed by atoms with van der Waals surface area (Å²) in [5, 5.41) is 17.5. The van der Waals surface area contributed by atoms with Crippen LogP contribution >= 0.6 is 0 Å². The number of hydrogen-bond acceptors (Lipinski definition) is 6. The first-order chi connectivity index (χ1) is 16.3. The second-order valence-electron chi connectivity index (χ2n) is 8.36. The van der Waals surface area contributed by atoms with Gasteiger partial charge in [0.25, 0.3) is 0 Å². The minimum atomic E-state index is -1.04. The maximum atomic E-state index is 13.9. The molecule has 0 aliphatic carbocycles. The van der Waals surface area contributed by atoms with Gasteiger partial charge >= 0.3 is 5.97 Å². The summed E-state index contributed by atoms with van der Waals surface area (Å²) in [5.41, 5.74) is 11.7. The molecule has 7 nitrogen and oxygen atoms in total. The largest absolute Gasteiger partial charge is 0.478 e. The van der Waals surface area contributed by atoms with E-state index in [2.05, 4.69) is 0 Å². The van der Waals surface area contributed by atoms with E-state index >= 15 is 0 Å². The molecule has 0 saturated carbocycles. The van der Waals surface area contributed by atoms with Gasteiger partial charge < -0.3 is 21.1 Å². The zero-order chi connectivity index (χ0) is 24.0. The van der Waals surface area contributed by atoms with E-state index in [9.17, 15) is 14.3 Å². The molecule has 4 N–H and O–H groups in total. The maximum Gasteiger partial charge on any atom is 0.335 e. The second-order valence-corrected chi connectivity index (χ2v) is 8.36. The van der Waals surface area contributed by atoms with Gasteiger partial charge in [0.2, 0.25) is 0 Å². The van der Waals surface area contributed by atoms with E-state index in [0.29, 0.717) is 46.1 Å². The highest BCUT2D eigenvalue weighted by molar-refractivity contribution is 6.02. The Kier molecular flexibility index (Phi) is 5.20. The molecule has 0 amide bonds. The van der Waals surface area contributed by atoms with Crippen LogP contribution in [-0.2, 0) is 6.42 Å². The second kappa shape index (κ2) is 8.22. The lowest BCUT2D eigenvalue weighted by atomic mass is 9.99. The minimum Gasteiger partial charge on any atom is -0.478 e. The predicted molar refractivity (Wildman–Crippen MR) is 131 cm³/mol. The highest BCUT2D eigenvalue weighted by Crippen LogP contribution is 2.39. The van der Waals surface area contributed by atoms with Crippen molar-refractivity contribution >= 4 is 39.9 Å². The lowest BCUT2D eigenvalue weighted by Gasteiger charge is -2.31. The molecule has 170 valence electrons. The normalized spacial score (nSPS) is 13.1. The molecule has 0 radical (unpaired) electrons. The van der Waals surface area contributed by atoms with Crippen LogP contribution in [0.3, 0.4) is 0 Å². The summed E-state index contributed by atoms with van der Waals surface area (Å²) in [6.07, 6.45) is 1.56. The molecular weight excluding hydrogens is 433 g/mol. The number of carboxylic acids is 1. The Labute approximate surface area is 195 Å². The number of nitrogens with two attached hydrogens (primary N) is 1. The Morgan fingerprint density at radius 3 is 2.68 bits per heavy atom. The van der Waals surface area contributed by atoms with Gasteiger partial charge in [-0.25, -0.2) is 19.2 Å². The van der Waals surface area contributed by atoms with Crippen LogP contribution in [-0.4, -0.2) is 33.3 Å². The first-order valence-electron chi connectivity index (χ1n) is 10.9. The average molecular weight is 455 g/mol. The number of rotatable bonds is 4. The van der Waals surface area contributed by atoms with Gasteiger partial charge in [-0.15, -0.1) is 0 Å². The first-order valence-corrected chi connectivity index (χ1v) is 10.9. The van der Waals surface area contributed by atoms with Crippen molar-refractivity contribution in [1.82, 2.24) is 9.97 Å². The summed E-state index contributed by atoms with van der Waals surface area (Å²) >= 11 is 0. The van der Waals surface area contributed by atoms with Gasteiger partial charge in [0.05, 0.1) is 16.6 Å². The predicted octanol–water partition coefficient (Wildman–Crippen LogP) is 5.19. The number of benzene rings is 3. The van der Waals surface area contributed by atoms with E-state index in [1.165, 1.54) is 24.3 Å². The molecule has 4 aromatic rings. The van der Waals surface area contributed by atoms with Gasteiger partial charge in [-0.3, -0.25) is 0 Å². The Bertz CT molecular complexity index is 1480. The number of carboxylic acid groups (broad SMARTS) is 1. The number of carbonyl (C=O) groups is 1.